The SMILES string of the molecule is CCC1(C(=O)O)CCN(S(=O)(=O)NC)C1. The zero-order chi connectivity index (χ0) is 11.7. The summed E-state index contributed by atoms with van der Waals surface area (Å²) >= 11 is 0. The molecule has 0 radical (unpaired) electrons. The Morgan fingerprint density at radius 2 is 2.20 bits per heavy atom. The fourth-order valence-corrected chi connectivity index (χ4v) is 2.79. The molecule has 0 amide bonds. The summed E-state index contributed by atoms with van der Waals surface area (Å²) in [6.07, 6.45) is 0.817. The molecule has 15 heavy (non-hydrogen) atoms. The minimum atomic E-state index is -3.49. The fourth-order valence-electron chi connectivity index (χ4n) is 1.78. The van der Waals surface area contributed by atoms with Crippen LogP contribution in [0.15, 0.2) is 0 Å². The Kier molecular flexibility index (Phi) is 3.37. The van der Waals surface area contributed by atoms with Crippen LogP contribution in [-0.4, -0.2) is 43.9 Å². The minimum Gasteiger partial charge on any atom is -0.481 e. The molecule has 1 aliphatic heterocycles. The Morgan fingerprint density at radius 3 is 2.53 bits per heavy atom. The molecule has 0 aliphatic carbocycles. The Labute approximate surface area is 89.4 Å². The zero-order valence-corrected chi connectivity index (χ0v) is 9.67. The maximum Gasteiger partial charge on any atom is 0.311 e. The lowest BCUT2D eigenvalue weighted by atomic mass is 9.85. The average Bonchev–Trinajstić information content (AvgIpc) is 2.63. The van der Waals surface area contributed by atoms with Crippen LogP contribution >= 0.6 is 0 Å². The number of aliphatic carboxylic acids is 1. The monoisotopic (exact) mass is 236 g/mol. The van der Waals surface area contributed by atoms with E-state index >= 15 is 0 Å². The van der Waals surface area contributed by atoms with Gasteiger partial charge in [0.05, 0.1) is 5.41 Å². The quantitative estimate of drug-likeness (QED) is 0.697. The number of hydrogen-bond donors (Lipinski definition) is 2. The van der Waals surface area contributed by atoms with Crippen LogP contribution in [-0.2, 0) is 15.0 Å². The van der Waals surface area contributed by atoms with Gasteiger partial charge in [-0.2, -0.15) is 12.7 Å². The van der Waals surface area contributed by atoms with E-state index < -0.39 is 21.6 Å². The predicted octanol–water partition coefficient (Wildman–Crippen LogP) is -0.363. The Hall–Kier alpha value is -0.660. The summed E-state index contributed by atoms with van der Waals surface area (Å²) in [4.78, 5) is 11.1. The van der Waals surface area contributed by atoms with Crippen LogP contribution in [0.4, 0.5) is 0 Å². The van der Waals surface area contributed by atoms with Gasteiger partial charge in [-0.15, -0.1) is 0 Å². The molecule has 88 valence electrons. The summed E-state index contributed by atoms with van der Waals surface area (Å²) in [7, 11) is -2.17. The number of rotatable bonds is 4. The molecule has 1 fully saturated rings. The summed E-state index contributed by atoms with van der Waals surface area (Å²) in [6.45, 7) is 2.09. The molecule has 0 aromatic carbocycles. The van der Waals surface area contributed by atoms with Gasteiger partial charge in [-0.1, -0.05) is 6.92 Å². The van der Waals surface area contributed by atoms with Gasteiger partial charge in [-0.05, 0) is 12.8 Å². The van der Waals surface area contributed by atoms with Crippen LogP contribution in [0.5, 0.6) is 0 Å². The molecule has 0 aromatic heterocycles. The molecule has 1 aliphatic rings. The van der Waals surface area contributed by atoms with Crippen LogP contribution in [0, 0.1) is 5.41 Å². The maximum atomic E-state index is 11.4. The first kappa shape index (κ1) is 12.4. The molecule has 0 saturated carbocycles. The summed E-state index contributed by atoms with van der Waals surface area (Å²) < 4.78 is 26.3. The average molecular weight is 236 g/mol. The summed E-state index contributed by atoms with van der Waals surface area (Å²) in [5.41, 5.74) is -0.913. The lowest BCUT2D eigenvalue weighted by Gasteiger charge is -2.22. The van der Waals surface area contributed by atoms with Gasteiger partial charge in [0.25, 0.3) is 10.2 Å². The lowest BCUT2D eigenvalue weighted by molar-refractivity contribution is -0.148. The van der Waals surface area contributed by atoms with Crippen molar-refractivity contribution in [3.63, 3.8) is 0 Å². The Morgan fingerprint density at radius 1 is 1.60 bits per heavy atom. The van der Waals surface area contributed by atoms with Crippen molar-refractivity contribution in [1.29, 1.82) is 0 Å². The van der Waals surface area contributed by atoms with Gasteiger partial charge in [0.15, 0.2) is 0 Å². The first-order valence-corrected chi connectivity index (χ1v) is 6.24. The van der Waals surface area contributed by atoms with Crippen LogP contribution in [0.2, 0.25) is 0 Å². The highest BCUT2D eigenvalue weighted by molar-refractivity contribution is 7.87. The smallest absolute Gasteiger partial charge is 0.311 e. The van der Waals surface area contributed by atoms with Crippen LogP contribution in [0.25, 0.3) is 0 Å². The molecule has 0 aromatic rings. The van der Waals surface area contributed by atoms with Gasteiger partial charge in [-0.3, -0.25) is 4.79 Å². The molecule has 1 atom stereocenters. The van der Waals surface area contributed by atoms with Crippen molar-refractivity contribution in [2.45, 2.75) is 19.8 Å². The van der Waals surface area contributed by atoms with E-state index in [4.69, 9.17) is 5.11 Å². The summed E-state index contributed by atoms with van der Waals surface area (Å²) in [5.74, 6) is -0.918. The van der Waals surface area contributed by atoms with Gasteiger partial charge in [0.1, 0.15) is 0 Å². The Bertz CT molecular complexity index is 354. The van der Waals surface area contributed by atoms with Gasteiger partial charge in [-0.25, -0.2) is 4.72 Å². The van der Waals surface area contributed by atoms with E-state index in [1.807, 2.05) is 0 Å². The highest BCUT2D eigenvalue weighted by Crippen LogP contribution is 2.35. The summed E-state index contributed by atoms with van der Waals surface area (Å²) in [6, 6.07) is 0. The normalized spacial score (nSPS) is 28.1. The first-order valence-electron chi connectivity index (χ1n) is 4.80. The minimum absolute atomic E-state index is 0.0575. The van der Waals surface area contributed by atoms with Gasteiger partial charge in [0.2, 0.25) is 0 Å². The van der Waals surface area contributed by atoms with Crippen molar-refractivity contribution in [1.82, 2.24) is 9.03 Å². The second-order valence-corrected chi connectivity index (χ2v) is 5.61. The van der Waals surface area contributed by atoms with E-state index in [-0.39, 0.29) is 13.1 Å². The number of nitrogens with zero attached hydrogens (tertiary/aromatic N) is 1. The van der Waals surface area contributed by atoms with Crippen molar-refractivity contribution in [3.05, 3.63) is 0 Å². The lowest BCUT2D eigenvalue weighted by Crippen LogP contribution is -2.40. The van der Waals surface area contributed by atoms with Crippen molar-refractivity contribution < 1.29 is 18.3 Å². The molecule has 1 unspecified atom stereocenters. The third-order valence-corrected chi connectivity index (χ3v) is 4.55. The molecule has 0 bridgehead atoms. The van der Waals surface area contributed by atoms with E-state index in [1.54, 1.807) is 6.92 Å². The number of nitrogens with one attached hydrogen (secondary N) is 1. The third kappa shape index (κ3) is 2.14. The fraction of sp³-hybridized carbons (Fsp3) is 0.875. The topological polar surface area (TPSA) is 86.7 Å². The number of hydrogen-bond acceptors (Lipinski definition) is 3. The van der Waals surface area contributed by atoms with Crippen molar-refractivity contribution in [3.8, 4) is 0 Å². The predicted molar refractivity (Wildman–Crippen MR) is 54.5 cm³/mol. The van der Waals surface area contributed by atoms with Crippen LogP contribution in [0.1, 0.15) is 19.8 Å². The molecule has 1 heterocycles. The van der Waals surface area contributed by atoms with E-state index in [1.165, 1.54) is 11.4 Å². The molecular formula is C8H16N2O4S. The van der Waals surface area contributed by atoms with E-state index in [2.05, 4.69) is 4.72 Å². The van der Waals surface area contributed by atoms with E-state index in [0.29, 0.717) is 12.8 Å². The molecule has 0 spiro atoms. The van der Waals surface area contributed by atoms with Gasteiger partial charge in [0, 0.05) is 20.1 Å². The standard InChI is InChI=1S/C8H16N2O4S/c1-3-8(7(11)12)4-5-10(6-8)15(13,14)9-2/h9H,3-6H2,1-2H3,(H,11,12). The van der Waals surface area contributed by atoms with Crippen molar-refractivity contribution >= 4 is 16.2 Å². The highest BCUT2D eigenvalue weighted by atomic mass is 32.2. The van der Waals surface area contributed by atoms with Crippen LogP contribution in [0.3, 0.4) is 0 Å². The molecular weight excluding hydrogens is 220 g/mol. The van der Waals surface area contributed by atoms with Crippen molar-refractivity contribution in [2.75, 3.05) is 20.1 Å². The first-order chi connectivity index (χ1) is 6.88. The number of carboxylic acids is 1. The van der Waals surface area contributed by atoms with Gasteiger partial charge >= 0.3 is 5.97 Å². The second-order valence-electron chi connectivity index (χ2n) is 3.73. The molecule has 7 heteroatoms. The maximum absolute atomic E-state index is 11.4. The number of carbonyl (C=O) groups is 1. The van der Waals surface area contributed by atoms with E-state index in [9.17, 15) is 13.2 Å². The van der Waals surface area contributed by atoms with E-state index in [0.717, 1.165) is 0 Å². The van der Waals surface area contributed by atoms with Gasteiger partial charge < -0.3 is 5.11 Å². The zero-order valence-electron chi connectivity index (χ0n) is 8.86. The van der Waals surface area contributed by atoms with Crippen LogP contribution < -0.4 is 4.72 Å². The largest absolute Gasteiger partial charge is 0.481 e. The molecule has 2 N–H and O–H groups in total. The Balaban J connectivity index is 2.87. The van der Waals surface area contributed by atoms with Crippen molar-refractivity contribution in [2.24, 2.45) is 5.41 Å². The molecule has 1 rings (SSSR count). The molecule has 1 saturated heterocycles. The third-order valence-electron chi connectivity index (χ3n) is 3.05. The summed E-state index contributed by atoms with van der Waals surface area (Å²) in [5, 5.41) is 9.08. The highest BCUT2D eigenvalue weighted by Gasteiger charge is 2.46. The number of carboxylic acid groups (broad SMARTS) is 1. The second kappa shape index (κ2) is 4.07. The molecule has 6 nitrogen and oxygen atoms in total.